The topological polar surface area (TPSA) is 59.8 Å². The van der Waals surface area contributed by atoms with Crippen molar-refractivity contribution >= 4 is 17.5 Å². The molecule has 0 fully saturated rings. The normalized spacial score (nSPS) is 10.1. The second kappa shape index (κ2) is 4.32. The van der Waals surface area contributed by atoms with Crippen LogP contribution in [-0.2, 0) is 0 Å². The third-order valence-electron chi connectivity index (χ3n) is 2.05. The SMILES string of the molecule is CNC(=O)c1cnn(-c2ccccn2)c1Cl. The molecule has 0 aliphatic heterocycles. The predicted molar refractivity (Wildman–Crippen MR) is 59.8 cm³/mol. The van der Waals surface area contributed by atoms with Crippen LogP contribution in [-0.4, -0.2) is 27.7 Å². The van der Waals surface area contributed by atoms with Crippen LogP contribution in [0.25, 0.3) is 5.82 Å². The number of hydrogen-bond donors (Lipinski definition) is 1. The molecular formula is C10H9ClN4O. The fourth-order valence-corrected chi connectivity index (χ4v) is 1.52. The Morgan fingerprint density at radius 1 is 1.50 bits per heavy atom. The van der Waals surface area contributed by atoms with Crippen molar-refractivity contribution in [2.45, 2.75) is 0 Å². The van der Waals surface area contributed by atoms with E-state index in [1.807, 2.05) is 6.07 Å². The Labute approximate surface area is 97.1 Å². The number of rotatable bonds is 2. The molecule has 0 spiro atoms. The molecule has 0 bridgehead atoms. The van der Waals surface area contributed by atoms with Crippen molar-refractivity contribution in [3.05, 3.63) is 41.3 Å². The molecule has 2 aromatic heterocycles. The molecule has 0 aromatic carbocycles. The van der Waals surface area contributed by atoms with Crippen molar-refractivity contribution in [2.75, 3.05) is 7.05 Å². The molecule has 0 aliphatic rings. The van der Waals surface area contributed by atoms with Crippen molar-refractivity contribution in [3.8, 4) is 5.82 Å². The summed E-state index contributed by atoms with van der Waals surface area (Å²) in [5.41, 5.74) is 0.329. The molecule has 0 aliphatic carbocycles. The van der Waals surface area contributed by atoms with E-state index in [9.17, 15) is 4.79 Å². The van der Waals surface area contributed by atoms with Gasteiger partial charge in [0.25, 0.3) is 5.91 Å². The van der Waals surface area contributed by atoms with Gasteiger partial charge in [-0.3, -0.25) is 4.79 Å². The molecule has 16 heavy (non-hydrogen) atoms. The average Bonchev–Trinajstić information content (AvgIpc) is 2.71. The number of amides is 1. The third kappa shape index (κ3) is 1.77. The van der Waals surface area contributed by atoms with Crippen LogP contribution in [0, 0.1) is 0 Å². The minimum atomic E-state index is -0.271. The number of aromatic nitrogens is 3. The predicted octanol–water partition coefficient (Wildman–Crippen LogP) is 1.28. The maximum Gasteiger partial charge on any atom is 0.255 e. The van der Waals surface area contributed by atoms with Crippen LogP contribution in [0.4, 0.5) is 0 Å². The molecule has 0 radical (unpaired) electrons. The number of carbonyl (C=O) groups is 1. The molecule has 0 saturated carbocycles. The highest BCUT2D eigenvalue weighted by Gasteiger charge is 2.15. The summed E-state index contributed by atoms with van der Waals surface area (Å²) in [4.78, 5) is 15.5. The third-order valence-corrected chi connectivity index (χ3v) is 2.41. The van der Waals surface area contributed by atoms with Crippen LogP contribution in [0.3, 0.4) is 0 Å². The minimum absolute atomic E-state index is 0.248. The minimum Gasteiger partial charge on any atom is -0.355 e. The van der Waals surface area contributed by atoms with E-state index < -0.39 is 0 Å². The molecule has 1 amide bonds. The van der Waals surface area contributed by atoms with Crippen molar-refractivity contribution < 1.29 is 4.79 Å². The molecule has 82 valence electrons. The van der Waals surface area contributed by atoms with Gasteiger partial charge < -0.3 is 5.32 Å². The molecule has 5 nitrogen and oxygen atoms in total. The van der Waals surface area contributed by atoms with Crippen LogP contribution < -0.4 is 5.32 Å². The molecule has 6 heteroatoms. The smallest absolute Gasteiger partial charge is 0.255 e. The van der Waals surface area contributed by atoms with Gasteiger partial charge in [0, 0.05) is 13.2 Å². The summed E-state index contributed by atoms with van der Waals surface area (Å²) < 4.78 is 1.41. The maximum atomic E-state index is 11.4. The van der Waals surface area contributed by atoms with Gasteiger partial charge >= 0.3 is 0 Å². The first-order valence-electron chi connectivity index (χ1n) is 4.61. The highest BCUT2D eigenvalue weighted by Crippen LogP contribution is 2.18. The standard InChI is InChI=1S/C10H9ClN4O/c1-12-10(16)7-6-14-15(9(7)11)8-4-2-3-5-13-8/h2-6H,1H3,(H,12,16). The molecule has 1 N–H and O–H groups in total. The van der Waals surface area contributed by atoms with E-state index in [1.165, 1.54) is 17.9 Å². The summed E-state index contributed by atoms with van der Waals surface area (Å²) in [6.45, 7) is 0. The van der Waals surface area contributed by atoms with Gasteiger partial charge in [-0.2, -0.15) is 5.10 Å². The van der Waals surface area contributed by atoms with E-state index in [0.717, 1.165) is 0 Å². The molecule has 0 unspecified atom stereocenters. The van der Waals surface area contributed by atoms with E-state index in [1.54, 1.807) is 18.3 Å². The van der Waals surface area contributed by atoms with E-state index in [4.69, 9.17) is 11.6 Å². The Balaban J connectivity index is 2.45. The zero-order chi connectivity index (χ0) is 11.5. The maximum absolute atomic E-state index is 11.4. The van der Waals surface area contributed by atoms with Crippen LogP contribution in [0.5, 0.6) is 0 Å². The van der Waals surface area contributed by atoms with Gasteiger partial charge in [-0.25, -0.2) is 9.67 Å². The van der Waals surface area contributed by atoms with Gasteiger partial charge in [-0.15, -0.1) is 0 Å². The lowest BCUT2D eigenvalue weighted by molar-refractivity contribution is 0.0963. The summed E-state index contributed by atoms with van der Waals surface area (Å²) in [5, 5.41) is 6.75. The Kier molecular flexibility index (Phi) is 2.87. The summed E-state index contributed by atoms with van der Waals surface area (Å²) in [6, 6.07) is 5.37. The first-order valence-corrected chi connectivity index (χ1v) is 4.99. The number of pyridine rings is 1. The number of nitrogens with one attached hydrogen (secondary N) is 1. The largest absolute Gasteiger partial charge is 0.355 e. The highest BCUT2D eigenvalue weighted by atomic mass is 35.5. The number of hydrogen-bond acceptors (Lipinski definition) is 3. The monoisotopic (exact) mass is 236 g/mol. The molecular weight excluding hydrogens is 228 g/mol. The van der Waals surface area contributed by atoms with Gasteiger partial charge in [-0.1, -0.05) is 17.7 Å². The van der Waals surface area contributed by atoms with Crippen molar-refractivity contribution in [2.24, 2.45) is 0 Å². The molecule has 2 heterocycles. The van der Waals surface area contributed by atoms with Gasteiger partial charge in [-0.05, 0) is 12.1 Å². The number of carbonyl (C=O) groups excluding carboxylic acids is 1. The van der Waals surface area contributed by atoms with Crippen molar-refractivity contribution in [3.63, 3.8) is 0 Å². The Morgan fingerprint density at radius 2 is 2.31 bits per heavy atom. The van der Waals surface area contributed by atoms with E-state index in [0.29, 0.717) is 11.4 Å². The number of nitrogens with zero attached hydrogens (tertiary/aromatic N) is 3. The Bertz CT molecular complexity index is 509. The van der Waals surface area contributed by atoms with E-state index in [-0.39, 0.29) is 11.1 Å². The first kappa shape index (κ1) is 10.6. The zero-order valence-electron chi connectivity index (χ0n) is 8.51. The van der Waals surface area contributed by atoms with Gasteiger partial charge in [0.15, 0.2) is 5.82 Å². The number of halogens is 1. The van der Waals surface area contributed by atoms with Gasteiger partial charge in [0.05, 0.1) is 11.8 Å². The molecule has 2 aromatic rings. The lowest BCUT2D eigenvalue weighted by Gasteiger charge is -2.01. The fraction of sp³-hybridized carbons (Fsp3) is 0.100. The van der Waals surface area contributed by atoms with E-state index >= 15 is 0 Å². The molecule has 0 saturated heterocycles. The summed E-state index contributed by atoms with van der Waals surface area (Å²) in [7, 11) is 1.54. The van der Waals surface area contributed by atoms with Crippen LogP contribution in [0.1, 0.15) is 10.4 Å². The molecule has 0 atom stereocenters. The summed E-state index contributed by atoms with van der Waals surface area (Å²) in [5.74, 6) is 0.301. The first-order chi connectivity index (χ1) is 7.74. The van der Waals surface area contributed by atoms with Gasteiger partial charge in [0.1, 0.15) is 5.15 Å². The second-order valence-corrected chi connectivity index (χ2v) is 3.39. The van der Waals surface area contributed by atoms with Crippen molar-refractivity contribution in [1.29, 1.82) is 0 Å². The quantitative estimate of drug-likeness (QED) is 0.855. The lowest BCUT2D eigenvalue weighted by atomic mass is 10.3. The van der Waals surface area contributed by atoms with E-state index in [2.05, 4.69) is 15.4 Å². The summed E-state index contributed by atoms with van der Waals surface area (Å²) >= 11 is 6.03. The zero-order valence-corrected chi connectivity index (χ0v) is 9.27. The molecule has 2 rings (SSSR count). The second-order valence-electron chi connectivity index (χ2n) is 3.03. The lowest BCUT2D eigenvalue weighted by Crippen LogP contribution is -2.17. The van der Waals surface area contributed by atoms with Crippen molar-refractivity contribution in [1.82, 2.24) is 20.1 Å². The Morgan fingerprint density at radius 3 is 2.94 bits per heavy atom. The fourth-order valence-electron chi connectivity index (χ4n) is 1.26. The highest BCUT2D eigenvalue weighted by molar-refractivity contribution is 6.33. The van der Waals surface area contributed by atoms with Crippen LogP contribution >= 0.6 is 11.6 Å². The van der Waals surface area contributed by atoms with Crippen LogP contribution in [0.2, 0.25) is 5.15 Å². The average molecular weight is 237 g/mol. The van der Waals surface area contributed by atoms with Crippen LogP contribution in [0.15, 0.2) is 30.6 Å². The Hall–Kier alpha value is -1.88. The summed E-state index contributed by atoms with van der Waals surface area (Å²) in [6.07, 6.45) is 3.04. The van der Waals surface area contributed by atoms with Gasteiger partial charge in [0.2, 0.25) is 0 Å².